The molecule has 1 aromatic heterocycles. The van der Waals surface area contributed by atoms with Gasteiger partial charge in [0.15, 0.2) is 5.82 Å². The van der Waals surface area contributed by atoms with E-state index >= 15 is 0 Å². The Morgan fingerprint density at radius 3 is 2.75 bits per heavy atom. The second-order valence-electron chi connectivity index (χ2n) is 6.80. The Balaban J connectivity index is 1.52. The Kier molecular flexibility index (Phi) is 3.72. The van der Waals surface area contributed by atoms with Crippen LogP contribution < -0.4 is 5.32 Å². The first-order valence-electron chi connectivity index (χ1n) is 8.21. The number of carbonyl (C=O) groups excluding carboxylic acids is 1. The molecule has 4 rings (SSSR count). The fraction of sp³-hybridized carbons (Fsp3) is 0.471. The van der Waals surface area contributed by atoms with Gasteiger partial charge in [0.2, 0.25) is 0 Å². The van der Waals surface area contributed by atoms with Gasteiger partial charge < -0.3 is 14.7 Å². The average molecular weight is 347 g/mol. The number of carbonyl (C=O) groups is 1. The van der Waals surface area contributed by atoms with Gasteiger partial charge in [-0.25, -0.2) is 4.79 Å². The van der Waals surface area contributed by atoms with Crippen molar-refractivity contribution in [2.45, 2.75) is 45.2 Å². The van der Waals surface area contributed by atoms with Gasteiger partial charge in [0.05, 0.1) is 10.6 Å². The van der Waals surface area contributed by atoms with Crippen LogP contribution in [0.4, 0.5) is 10.5 Å². The van der Waals surface area contributed by atoms with Crippen LogP contribution in [0.25, 0.3) is 11.5 Å². The van der Waals surface area contributed by atoms with Gasteiger partial charge in [0, 0.05) is 17.8 Å². The predicted octanol–water partition coefficient (Wildman–Crippen LogP) is 4.10. The molecule has 3 atom stereocenters. The molecule has 2 fully saturated rings. The number of anilines is 1. The van der Waals surface area contributed by atoms with E-state index in [0.717, 1.165) is 19.3 Å². The molecule has 2 saturated heterocycles. The van der Waals surface area contributed by atoms with Crippen molar-refractivity contribution in [1.82, 2.24) is 15.0 Å². The summed E-state index contributed by atoms with van der Waals surface area (Å²) in [6.45, 7) is 4.00. The monoisotopic (exact) mass is 346 g/mol. The molecule has 2 amide bonds. The number of benzene rings is 1. The van der Waals surface area contributed by atoms with E-state index in [4.69, 9.17) is 16.1 Å². The molecule has 3 heterocycles. The van der Waals surface area contributed by atoms with Crippen LogP contribution in [-0.2, 0) is 0 Å². The molecule has 6 nitrogen and oxygen atoms in total. The number of aromatic nitrogens is 2. The molecule has 1 unspecified atom stereocenters. The molecule has 2 aliphatic rings. The van der Waals surface area contributed by atoms with Gasteiger partial charge >= 0.3 is 6.03 Å². The molecule has 0 aliphatic carbocycles. The predicted molar refractivity (Wildman–Crippen MR) is 90.9 cm³/mol. The number of nitrogens with zero attached hydrogens (tertiary/aromatic N) is 3. The molecule has 2 aliphatic heterocycles. The summed E-state index contributed by atoms with van der Waals surface area (Å²) in [4.78, 5) is 18.8. The Morgan fingerprint density at radius 1 is 1.33 bits per heavy atom. The fourth-order valence-electron chi connectivity index (χ4n) is 3.84. The summed E-state index contributed by atoms with van der Waals surface area (Å²) >= 11 is 6.22. The quantitative estimate of drug-likeness (QED) is 0.888. The van der Waals surface area contributed by atoms with Gasteiger partial charge in [-0.2, -0.15) is 4.98 Å². The van der Waals surface area contributed by atoms with Crippen molar-refractivity contribution in [2.75, 3.05) is 5.32 Å². The summed E-state index contributed by atoms with van der Waals surface area (Å²) in [7, 11) is 0. The van der Waals surface area contributed by atoms with Gasteiger partial charge in [-0.3, -0.25) is 0 Å². The number of aryl methyl sites for hydroxylation is 1. The molecule has 1 N–H and O–H groups in total. The largest absolute Gasteiger partial charge is 0.334 e. The zero-order valence-corrected chi connectivity index (χ0v) is 14.4. The summed E-state index contributed by atoms with van der Waals surface area (Å²) in [5, 5.41) is 7.26. The number of amides is 2. The van der Waals surface area contributed by atoms with E-state index in [1.54, 1.807) is 25.1 Å². The summed E-state index contributed by atoms with van der Waals surface area (Å²) in [5.74, 6) is 1.60. The second-order valence-corrected chi connectivity index (χ2v) is 7.21. The smallest absolute Gasteiger partial charge is 0.322 e. The van der Waals surface area contributed by atoms with E-state index in [0.29, 0.717) is 46.0 Å². The average Bonchev–Trinajstić information content (AvgIpc) is 2.95. The van der Waals surface area contributed by atoms with Crippen molar-refractivity contribution in [3.8, 4) is 11.5 Å². The SMILES string of the molecule is Cc1noc(-c2cc(NC(=O)N3[C@@H]4CC(C)C[C@H]3C4)ccc2Cl)n1. The molecule has 0 saturated carbocycles. The zero-order chi connectivity index (χ0) is 16.8. The molecule has 126 valence electrons. The molecular formula is C17H19ClN4O2. The number of fused-ring (bicyclic) bond motifs is 2. The fourth-order valence-corrected chi connectivity index (χ4v) is 4.04. The Labute approximate surface area is 145 Å². The molecule has 2 bridgehead atoms. The van der Waals surface area contributed by atoms with Crippen LogP contribution in [-0.4, -0.2) is 33.2 Å². The Bertz CT molecular complexity index is 779. The third-order valence-corrected chi connectivity index (χ3v) is 5.22. The van der Waals surface area contributed by atoms with Gasteiger partial charge in [0.1, 0.15) is 0 Å². The van der Waals surface area contributed by atoms with Gasteiger partial charge in [-0.15, -0.1) is 0 Å². The highest BCUT2D eigenvalue weighted by Crippen LogP contribution is 2.41. The normalized spacial score (nSPS) is 25.3. The van der Waals surface area contributed by atoms with Gasteiger partial charge in [-0.05, 0) is 50.3 Å². The number of hydrogen-bond donors (Lipinski definition) is 1. The van der Waals surface area contributed by atoms with E-state index in [9.17, 15) is 4.79 Å². The Morgan fingerprint density at radius 2 is 2.08 bits per heavy atom. The van der Waals surface area contributed by atoms with Crippen LogP contribution in [0.5, 0.6) is 0 Å². The van der Waals surface area contributed by atoms with Crippen molar-refractivity contribution in [3.63, 3.8) is 0 Å². The number of piperidine rings is 1. The minimum Gasteiger partial charge on any atom is -0.334 e. The highest BCUT2D eigenvalue weighted by atomic mass is 35.5. The van der Waals surface area contributed by atoms with Crippen LogP contribution in [0, 0.1) is 12.8 Å². The van der Waals surface area contributed by atoms with Crippen LogP contribution in [0.1, 0.15) is 32.0 Å². The maximum absolute atomic E-state index is 12.6. The topological polar surface area (TPSA) is 71.3 Å². The minimum absolute atomic E-state index is 0.0434. The van der Waals surface area contributed by atoms with Crippen LogP contribution in [0.3, 0.4) is 0 Å². The molecule has 0 radical (unpaired) electrons. The van der Waals surface area contributed by atoms with E-state index in [-0.39, 0.29) is 6.03 Å². The van der Waals surface area contributed by atoms with Crippen molar-refractivity contribution in [3.05, 3.63) is 29.0 Å². The highest BCUT2D eigenvalue weighted by Gasteiger charge is 2.46. The molecular weight excluding hydrogens is 328 g/mol. The lowest BCUT2D eigenvalue weighted by molar-refractivity contribution is -0.00600. The molecule has 2 aromatic rings. The van der Waals surface area contributed by atoms with Gasteiger partial charge in [-0.1, -0.05) is 23.7 Å². The lowest BCUT2D eigenvalue weighted by Gasteiger charge is -2.54. The number of urea groups is 1. The van der Waals surface area contributed by atoms with Crippen molar-refractivity contribution in [2.24, 2.45) is 5.92 Å². The number of nitrogens with one attached hydrogen (secondary N) is 1. The number of hydrogen-bond acceptors (Lipinski definition) is 4. The molecule has 1 aromatic carbocycles. The highest BCUT2D eigenvalue weighted by molar-refractivity contribution is 6.33. The number of halogens is 1. The van der Waals surface area contributed by atoms with E-state index in [1.807, 2.05) is 4.90 Å². The third-order valence-electron chi connectivity index (χ3n) is 4.89. The van der Waals surface area contributed by atoms with E-state index in [2.05, 4.69) is 22.4 Å². The first-order valence-corrected chi connectivity index (χ1v) is 8.58. The van der Waals surface area contributed by atoms with Crippen LogP contribution in [0.2, 0.25) is 5.02 Å². The minimum atomic E-state index is -0.0434. The van der Waals surface area contributed by atoms with Crippen molar-refractivity contribution >= 4 is 23.3 Å². The first-order chi connectivity index (χ1) is 11.5. The van der Waals surface area contributed by atoms with Crippen molar-refractivity contribution in [1.29, 1.82) is 0 Å². The van der Waals surface area contributed by atoms with Crippen LogP contribution in [0.15, 0.2) is 22.7 Å². The lowest BCUT2D eigenvalue weighted by atomic mass is 9.74. The van der Waals surface area contributed by atoms with E-state index < -0.39 is 0 Å². The maximum atomic E-state index is 12.6. The molecule has 24 heavy (non-hydrogen) atoms. The third kappa shape index (κ3) is 2.65. The van der Waals surface area contributed by atoms with Crippen LogP contribution >= 0.6 is 11.6 Å². The Hall–Kier alpha value is -2.08. The number of rotatable bonds is 2. The second kappa shape index (κ2) is 5.77. The summed E-state index contributed by atoms with van der Waals surface area (Å²) in [6.07, 6.45) is 3.32. The maximum Gasteiger partial charge on any atom is 0.322 e. The van der Waals surface area contributed by atoms with Gasteiger partial charge in [0.25, 0.3) is 5.89 Å². The first kappa shape index (κ1) is 15.4. The summed E-state index contributed by atoms with van der Waals surface area (Å²) < 4.78 is 5.17. The summed E-state index contributed by atoms with van der Waals surface area (Å²) in [5.41, 5.74) is 1.29. The van der Waals surface area contributed by atoms with E-state index in [1.165, 1.54) is 0 Å². The zero-order valence-electron chi connectivity index (χ0n) is 13.6. The molecule has 0 spiro atoms. The summed E-state index contributed by atoms with van der Waals surface area (Å²) in [6, 6.07) is 5.99. The van der Waals surface area contributed by atoms with Crippen molar-refractivity contribution < 1.29 is 9.32 Å². The molecule has 7 heteroatoms. The lowest BCUT2D eigenvalue weighted by Crippen LogP contribution is -2.63. The standard InChI is InChI=1S/C17H19ClN4O2/c1-9-5-12-8-13(6-9)22(12)17(23)20-11-3-4-15(18)14(7-11)16-19-10(2)21-24-16/h3-4,7,9,12-13H,5-6,8H2,1-2H3,(H,20,23)/t9?,12-,13+.